The van der Waals surface area contributed by atoms with E-state index in [2.05, 4.69) is 43.1 Å². The lowest BCUT2D eigenvalue weighted by molar-refractivity contribution is 1.26. The normalized spacial score (nSPS) is 11.6. The Morgan fingerprint density at radius 1 is 0.485 bits per heavy atom. The molecule has 0 spiro atoms. The topological polar surface area (TPSA) is 103 Å². The minimum Gasteiger partial charge on any atom is -0.244 e. The van der Waals surface area contributed by atoms with Crippen LogP contribution in [-0.4, -0.2) is 39.9 Å². The first kappa shape index (κ1) is 18.7. The van der Waals surface area contributed by atoms with Crippen LogP contribution in [0.15, 0.2) is 61.3 Å². The third kappa shape index (κ3) is 3.25. The summed E-state index contributed by atoms with van der Waals surface area (Å²) in [6.45, 7) is 0. The minimum atomic E-state index is 0.641. The highest BCUT2D eigenvalue weighted by Gasteiger charge is 2.16. The van der Waals surface area contributed by atoms with Gasteiger partial charge in [0.15, 0.2) is 21.0 Å². The van der Waals surface area contributed by atoms with Gasteiger partial charge in [0.2, 0.25) is 0 Å². The predicted octanol–water partition coefficient (Wildman–Crippen LogP) is 5.49. The van der Waals surface area contributed by atoms with Gasteiger partial charge in [-0.3, -0.25) is 0 Å². The number of hydrogen-bond donors (Lipinski definition) is 0. The molecule has 156 valence electrons. The zero-order valence-corrected chi connectivity index (χ0v) is 19.0. The summed E-state index contributed by atoms with van der Waals surface area (Å²) in [7, 11) is 0. The molecule has 33 heavy (non-hydrogen) atoms. The van der Waals surface area contributed by atoms with Crippen molar-refractivity contribution in [2.45, 2.75) is 0 Å². The van der Waals surface area contributed by atoms with Crippen LogP contribution in [0.3, 0.4) is 0 Å². The van der Waals surface area contributed by atoms with Crippen LogP contribution < -0.4 is 0 Å². The zero-order valence-electron chi connectivity index (χ0n) is 16.6. The number of hydrogen-bond acceptors (Lipinski definition) is 11. The van der Waals surface area contributed by atoms with Gasteiger partial charge in [-0.2, -0.15) is 0 Å². The highest BCUT2D eigenvalue weighted by atomic mass is 32.1. The molecule has 0 radical (unpaired) electrons. The maximum Gasteiger partial charge on any atom is 0.190 e. The molecule has 0 saturated carbocycles. The van der Waals surface area contributed by atoms with E-state index >= 15 is 0 Å². The highest BCUT2D eigenvalue weighted by Crippen LogP contribution is 2.38. The molecule has 7 aromatic rings. The second-order valence-corrected chi connectivity index (χ2v) is 9.99. The largest absolute Gasteiger partial charge is 0.244 e. The fourth-order valence-corrected chi connectivity index (χ4v) is 6.10. The lowest BCUT2D eigenvalue weighted by Crippen LogP contribution is -1.85. The summed E-state index contributed by atoms with van der Waals surface area (Å²) in [6.07, 6.45) is 8.46. The molecule has 6 aromatic heterocycles. The predicted molar refractivity (Wildman–Crippen MR) is 131 cm³/mol. The van der Waals surface area contributed by atoms with Gasteiger partial charge in [-0.05, 0) is 30.3 Å². The fourth-order valence-electron chi connectivity index (χ4n) is 3.49. The average molecular weight is 483 g/mol. The summed E-state index contributed by atoms with van der Waals surface area (Å²) in [5, 5.41) is 2.58. The van der Waals surface area contributed by atoms with Crippen molar-refractivity contribution >= 4 is 65.3 Å². The molecular formula is C22H10N8S3. The Labute approximate surface area is 197 Å². The third-order valence-electron chi connectivity index (χ3n) is 4.93. The van der Waals surface area contributed by atoms with E-state index in [1.54, 1.807) is 42.3 Å². The van der Waals surface area contributed by atoms with Crippen molar-refractivity contribution in [1.82, 2.24) is 39.9 Å². The van der Waals surface area contributed by atoms with Gasteiger partial charge >= 0.3 is 0 Å². The number of benzene rings is 1. The van der Waals surface area contributed by atoms with Gasteiger partial charge in [0.25, 0.3) is 0 Å². The van der Waals surface area contributed by atoms with E-state index in [0.717, 1.165) is 51.7 Å². The first-order chi connectivity index (χ1) is 16.3. The Balaban J connectivity index is 1.46. The molecule has 1 aromatic carbocycles. The first-order valence-corrected chi connectivity index (χ1v) is 12.3. The molecule has 0 fully saturated rings. The zero-order chi connectivity index (χ0) is 21.8. The summed E-state index contributed by atoms with van der Waals surface area (Å²) in [5.74, 6) is 0. The van der Waals surface area contributed by atoms with Gasteiger partial charge in [0.05, 0.1) is 0 Å². The summed E-state index contributed by atoms with van der Waals surface area (Å²) in [6, 6.07) is 10.2. The van der Waals surface area contributed by atoms with Crippen LogP contribution in [0, 0.1) is 0 Å². The molecule has 0 saturated heterocycles. The molecule has 11 heteroatoms. The van der Waals surface area contributed by atoms with Crippen molar-refractivity contribution in [3.63, 3.8) is 0 Å². The fraction of sp³-hybridized carbons (Fsp3) is 0. The second kappa shape index (κ2) is 7.37. The Morgan fingerprint density at radius 3 is 1.52 bits per heavy atom. The maximum atomic E-state index is 4.81. The Hall–Kier alpha value is -3.80. The van der Waals surface area contributed by atoms with Crippen LogP contribution in [-0.2, 0) is 0 Å². The molecule has 0 amide bonds. The van der Waals surface area contributed by atoms with E-state index in [1.165, 1.54) is 22.7 Å². The van der Waals surface area contributed by atoms with Gasteiger partial charge in [-0.25, -0.2) is 39.9 Å². The number of aromatic nitrogens is 8. The molecule has 0 atom stereocenters. The van der Waals surface area contributed by atoms with Gasteiger partial charge in [0.1, 0.15) is 25.4 Å². The molecule has 7 rings (SSSR count). The van der Waals surface area contributed by atoms with Gasteiger partial charge < -0.3 is 0 Å². The van der Waals surface area contributed by atoms with E-state index in [-0.39, 0.29) is 0 Å². The van der Waals surface area contributed by atoms with Crippen LogP contribution in [0.25, 0.3) is 63.0 Å². The van der Waals surface area contributed by atoms with Crippen LogP contribution in [0.1, 0.15) is 0 Å². The van der Waals surface area contributed by atoms with E-state index in [0.29, 0.717) is 11.3 Å². The Morgan fingerprint density at radius 2 is 0.970 bits per heavy atom. The van der Waals surface area contributed by atoms with Crippen LogP contribution in [0.2, 0.25) is 0 Å². The summed E-state index contributed by atoms with van der Waals surface area (Å²) >= 11 is 4.59. The van der Waals surface area contributed by atoms with Crippen molar-refractivity contribution in [1.29, 1.82) is 0 Å². The maximum absolute atomic E-state index is 4.81. The quantitative estimate of drug-likeness (QED) is 0.326. The molecule has 8 nitrogen and oxygen atoms in total. The first-order valence-electron chi connectivity index (χ1n) is 9.83. The van der Waals surface area contributed by atoms with Crippen molar-refractivity contribution in [2.24, 2.45) is 0 Å². The van der Waals surface area contributed by atoms with E-state index in [9.17, 15) is 0 Å². The molecule has 0 unspecified atom stereocenters. The molecular weight excluding hydrogens is 472 g/mol. The van der Waals surface area contributed by atoms with Crippen molar-refractivity contribution in [3.8, 4) is 31.7 Å². The lowest BCUT2D eigenvalue weighted by atomic mass is 10.1. The van der Waals surface area contributed by atoms with Crippen LogP contribution in [0.5, 0.6) is 0 Å². The number of thiazole rings is 3. The molecule has 0 aliphatic heterocycles. The van der Waals surface area contributed by atoms with Crippen LogP contribution in [0.4, 0.5) is 0 Å². The number of pyridine rings is 1. The van der Waals surface area contributed by atoms with Gasteiger partial charge in [0, 0.05) is 47.7 Å². The Kier molecular flexibility index (Phi) is 4.19. The van der Waals surface area contributed by atoms with E-state index in [4.69, 9.17) is 15.0 Å². The van der Waals surface area contributed by atoms with Gasteiger partial charge in [-0.1, -0.05) is 34.0 Å². The van der Waals surface area contributed by atoms with Crippen LogP contribution >= 0.6 is 34.0 Å². The van der Waals surface area contributed by atoms with E-state index < -0.39 is 0 Å². The Bertz CT molecular complexity index is 1480. The molecule has 0 bridgehead atoms. The molecule has 0 aliphatic carbocycles. The monoisotopic (exact) mass is 482 g/mol. The average Bonchev–Trinajstić information content (AvgIpc) is 3.59. The van der Waals surface area contributed by atoms with Crippen molar-refractivity contribution < 1.29 is 0 Å². The standard InChI is InChI=1S/C22H10N8S3/c1-2-14-20(25-3-1)31-17(28-14)11-8-12(18-29-15-21(32-18)26-6-4-23-15)10-13(9-11)19-30-16-22(33-19)27-7-5-24-16/h1-10H. The van der Waals surface area contributed by atoms with Gasteiger partial charge in [-0.15, -0.1) is 0 Å². The SMILES string of the molecule is c1cnc2sc(-c3cc(-c4nc5nccnc5s4)cc(-c4nc5nccnc5s4)c3)nc2c1. The highest BCUT2D eigenvalue weighted by molar-refractivity contribution is 7.22. The smallest absolute Gasteiger partial charge is 0.190 e. The van der Waals surface area contributed by atoms with E-state index in [1.807, 2.05) is 12.1 Å². The number of nitrogens with zero attached hydrogens (tertiary/aromatic N) is 8. The summed E-state index contributed by atoms with van der Waals surface area (Å²) in [5.41, 5.74) is 5.06. The molecule has 0 aliphatic rings. The molecule has 6 heterocycles. The number of rotatable bonds is 3. The van der Waals surface area contributed by atoms with Crippen molar-refractivity contribution in [2.75, 3.05) is 0 Å². The minimum absolute atomic E-state index is 0.641. The lowest BCUT2D eigenvalue weighted by Gasteiger charge is -2.05. The number of fused-ring (bicyclic) bond motifs is 3. The summed E-state index contributed by atoms with van der Waals surface area (Å²) in [4.78, 5) is 38.7. The second-order valence-electron chi connectivity index (χ2n) is 7.05. The molecule has 0 N–H and O–H groups in total. The van der Waals surface area contributed by atoms with Crippen molar-refractivity contribution in [3.05, 3.63) is 61.3 Å². The summed E-state index contributed by atoms with van der Waals surface area (Å²) < 4.78 is 0. The third-order valence-corrected chi connectivity index (χ3v) is 7.97.